The molecule has 0 spiro atoms. The summed E-state index contributed by atoms with van der Waals surface area (Å²) in [6.45, 7) is 0.382. The van der Waals surface area contributed by atoms with Gasteiger partial charge in [-0.1, -0.05) is 11.8 Å². The second-order valence-corrected chi connectivity index (χ2v) is 8.72. The highest BCUT2D eigenvalue weighted by atomic mass is 32.2. The summed E-state index contributed by atoms with van der Waals surface area (Å²) in [6, 6.07) is 3.35. The molecule has 1 aliphatic rings. The van der Waals surface area contributed by atoms with Crippen LogP contribution in [0.5, 0.6) is 0 Å². The summed E-state index contributed by atoms with van der Waals surface area (Å²) >= 11 is 1.22. The third-order valence-electron chi connectivity index (χ3n) is 3.86. The van der Waals surface area contributed by atoms with Crippen molar-refractivity contribution in [3.05, 3.63) is 24.2 Å². The van der Waals surface area contributed by atoms with Gasteiger partial charge in [-0.2, -0.15) is 0 Å². The van der Waals surface area contributed by atoms with Crippen molar-refractivity contribution in [1.82, 2.24) is 25.1 Å². The largest absolute Gasteiger partial charge is 0.467 e. The van der Waals surface area contributed by atoms with Crippen LogP contribution in [0.1, 0.15) is 12.2 Å². The molecule has 0 aliphatic carbocycles. The van der Waals surface area contributed by atoms with Gasteiger partial charge in [0.1, 0.15) is 12.3 Å². The van der Waals surface area contributed by atoms with E-state index in [0.717, 1.165) is 0 Å². The highest BCUT2D eigenvalue weighted by molar-refractivity contribution is 7.99. The molecule has 0 radical (unpaired) electrons. The van der Waals surface area contributed by atoms with Crippen LogP contribution in [0.4, 0.5) is 0 Å². The lowest BCUT2D eigenvalue weighted by atomic mass is 10.2. The molecule has 1 fully saturated rings. The predicted molar refractivity (Wildman–Crippen MR) is 86.2 cm³/mol. The topological polar surface area (TPSA) is 111 Å². The Hall–Kier alpha value is -1.88. The fourth-order valence-corrected chi connectivity index (χ4v) is 5.04. The van der Waals surface area contributed by atoms with Gasteiger partial charge in [0.25, 0.3) is 0 Å². The number of nitrogens with zero attached hydrogens (tertiary/aromatic N) is 5. The maximum absolute atomic E-state index is 12.3. The smallest absolute Gasteiger partial charge is 0.233 e. The molecule has 0 N–H and O–H groups in total. The van der Waals surface area contributed by atoms with Gasteiger partial charge in [-0.3, -0.25) is 4.79 Å². The van der Waals surface area contributed by atoms with Gasteiger partial charge < -0.3 is 9.32 Å². The Morgan fingerprint density at radius 3 is 3.04 bits per heavy atom. The summed E-state index contributed by atoms with van der Waals surface area (Å²) in [7, 11) is -1.38. The fraction of sp³-hybridized carbons (Fsp3) is 0.538. The summed E-state index contributed by atoms with van der Waals surface area (Å²) < 4.78 is 29.9. The quantitative estimate of drug-likeness (QED) is 0.655. The van der Waals surface area contributed by atoms with Crippen LogP contribution < -0.4 is 0 Å². The van der Waals surface area contributed by atoms with Crippen molar-refractivity contribution in [2.75, 3.05) is 24.3 Å². The number of carbonyl (C=O) groups is 1. The second-order valence-electron chi connectivity index (χ2n) is 5.55. The molecule has 3 rings (SSSR count). The standard InChI is InChI=1S/C13H17N5O4S2/c1-17(10-4-6-24(20,21)9-10)12(19)8-23-13-14-15-16-18(13)7-11-3-2-5-22-11/h2-3,5,10H,4,6-9H2,1H3. The van der Waals surface area contributed by atoms with E-state index in [-0.39, 0.29) is 29.2 Å². The van der Waals surface area contributed by atoms with Crippen molar-refractivity contribution >= 4 is 27.5 Å². The molecule has 9 nitrogen and oxygen atoms in total. The van der Waals surface area contributed by atoms with Crippen LogP contribution in [0.3, 0.4) is 0 Å². The number of rotatable bonds is 6. The van der Waals surface area contributed by atoms with E-state index in [9.17, 15) is 13.2 Å². The molecular weight excluding hydrogens is 354 g/mol. The van der Waals surface area contributed by atoms with Gasteiger partial charge in [-0.25, -0.2) is 13.1 Å². The summed E-state index contributed by atoms with van der Waals surface area (Å²) in [5, 5.41) is 11.9. The average Bonchev–Trinajstić information content (AvgIpc) is 3.26. The van der Waals surface area contributed by atoms with Crippen LogP contribution in [-0.4, -0.2) is 69.8 Å². The van der Waals surface area contributed by atoms with Crippen LogP contribution in [0.15, 0.2) is 28.0 Å². The fourth-order valence-electron chi connectivity index (χ4n) is 2.46. The molecule has 24 heavy (non-hydrogen) atoms. The number of furan rings is 1. The van der Waals surface area contributed by atoms with Gasteiger partial charge >= 0.3 is 0 Å². The molecule has 130 valence electrons. The average molecular weight is 371 g/mol. The molecule has 0 bridgehead atoms. The monoisotopic (exact) mass is 371 g/mol. The minimum atomic E-state index is -3.02. The van der Waals surface area contributed by atoms with Crippen LogP contribution in [0.2, 0.25) is 0 Å². The number of thioether (sulfide) groups is 1. The number of sulfone groups is 1. The highest BCUT2D eigenvalue weighted by Gasteiger charge is 2.32. The van der Waals surface area contributed by atoms with Crippen LogP contribution in [0.25, 0.3) is 0 Å². The van der Waals surface area contributed by atoms with Gasteiger partial charge in [0.05, 0.1) is 23.5 Å². The zero-order valence-electron chi connectivity index (χ0n) is 13.0. The summed E-state index contributed by atoms with van der Waals surface area (Å²) in [4.78, 5) is 13.8. The first-order valence-electron chi connectivity index (χ1n) is 7.32. The number of tetrazole rings is 1. The van der Waals surface area contributed by atoms with E-state index in [2.05, 4.69) is 15.5 Å². The predicted octanol–water partition coefficient (Wildman–Crippen LogP) is 0.0520. The van der Waals surface area contributed by atoms with Crippen molar-refractivity contribution in [3.63, 3.8) is 0 Å². The van der Waals surface area contributed by atoms with Crippen molar-refractivity contribution in [2.45, 2.75) is 24.2 Å². The molecule has 11 heteroatoms. The zero-order valence-corrected chi connectivity index (χ0v) is 14.7. The molecule has 0 aromatic carbocycles. The van der Waals surface area contributed by atoms with Crippen molar-refractivity contribution in [1.29, 1.82) is 0 Å². The van der Waals surface area contributed by atoms with E-state index in [0.29, 0.717) is 23.9 Å². The minimum Gasteiger partial charge on any atom is -0.467 e. The van der Waals surface area contributed by atoms with E-state index >= 15 is 0 Å². The normalized spacial score (nSPS) is 19.5. The van der Waals surface area contributed by atoms with E-state index < -0.39 is 9.84 Å². The van der Waals surface area contributed by atoms with E-state index in [4.69, 9.17) is 4.42 Å². The van der Waals surface area contributed by atoms with Crippen LogP contribution in [-0.2, 0) is 21.2 Å². The number of amides is 1. The first kappa shape index (κ1) is 17.0. The molecule has 0 saturated carbocycles. The Labute approximate surface area is 143 Å². The lowest BCUT2D eigenvalue weighted by molar-refractivity contribution is -0.128. The summed E-state index contributed by atoms with van der Waals surface area (Å²) in [5.74, 6) is 0.893. The third kappa shape index (κ3) is 3.96. The second kappa shape index (κ2) is 6.93. The van der Waals surface area contributed by atoms with Gasteiger partial charge in [0.15, 0.2) is 9.84 Å². The lowest BCUT2D eigenvalue weighted by Crippen LogP contribution is -2.38. The zero-order chi connectivity index (χ0) is 17.2. The maximum atomic E-state index is 12.3. The van der Waals surface area contributed by atoms with Crippen LogP contribution in [0, 0.1) is 0 Å². The summed E-state index contributed by atoms with van der Waals surface area (Å²) in [6.07, 6.45) is 2.06. The Morgan fingerprint density at radius 2 is 2.38 bits per heavy atom. The number of carbonyl (C=O) groups excluding carboxylic acids is 1. The van der Waals surface area contributed by atoms with Crippen molar-refractivity contribution < 1.29 is 17.6 Å². The molecular formula is C13H17N5O4S2. The molecule has 2 aromatic heterocycles. The van der Waals surface area contributed by atoms with E-state index in [1.807, 2.05) is 6.07 Å². The van der Waals surface area contributed by atoms with Crippen LogP contribution >= 0.6 is 11.8 Å². The number of hydrogen-bond donors (Lipinski definition) is 0. The van der Waals surface area contributed by atoms with Gasteiger partial charge in [-0.05, 0) is 29.0 Å². The van der Waals surface area contributed by atoms with E-state index in [1.165, 1.54) is 16.7 Å². The number of aromatic nitrogens is 4. The summed E-state index contributed by atoms with van der Waals surface area (Å²) in [5.41, 5.74) is 0. The molecule has 1 saturated heterocycles. The Bertz CT molecular complexity index is 802. The van der Waals surface area contributed by atoms with E-state index in [1.54, 1.807) is 24.1 Å². The third-order valence-corrected chi connectivity index (χ3v) is 6.55. The molecule has 3 heterocycles. The van der Waals surface area contributed by atoms with Crippen molar-refractivity contribution in [2.24, 2.45) is 0 Å². The Morgan fingerprint density at radius 1 is 1.54 bits per heavy atom. The minimum absolute atomic E-state index is 0.0378. The number of hydrogen-bond acceptors (Lipinski definition) is 8. The Kier molecular flexibility index (Phi) is 4.90. The highest BCUT2D eigenvalue weighted by Crippen LogP contribution is 2.20. The van der Waals surface area contributed by atoms with Gasteiger partial charge in [0, 0.05) is 13.1 Å². The first-order valence-corrected chi connectivity index (χ1v) is 10.1. The molecule has 1 amide bonds. The molecule has 2 aromatic rings. The molecule has 1 aliphatic heterocycles. The maximum Gasteiger partial charge on any atom is 0.233 e. The molecule has 1 unspecified atom stereocenters. The Balaban J connectivity index is 1.56. The first-order chi connectivity index (χ1) is 11.4. The lowest BCUT2D eigenvalue weighted by Gasteiger charge is -2.23. The molecule has 1 atom stereocenters. The van der Waals surface area contributed by atoms with Crippen molar-refractivity contribution in [3.8, 4) is 0 Å². The van der Waals surface area contributed by atoms with Gasteiger partial charge in [-0.15, -0.1) is 5.10 Å². The van der Waals surface area contributed by atoms with Gasteiger partial charge in [0.2, 0.25) is 11.1 Å². The SMILES string of the molecule is CN(C(=O)CSc1nnnn1Cc1ccco1)C1CCS(=O)(=O)C1.